The van der Waals surface area contributed by atoms with Gasteiger partial charge < -0.3 is 4.43 Å². The van der Waals surface area contributed by atoms with E-state index >= 15 is 0 Å². The van der Waals surface area contributed by atoms with E-state index in [2.05, 4.69) is 23.3 Å². The lowest BCUT2D eigenvalue weighted by Gasteiger charge is -2.50. The van der Waals surface area contributed by atoms with Gasteiger partial charge in [-0.2, -0.15) is 0 Å². The van der Waals surface area contributed by atoms with Crippen LogP contribution in [0.25, 0.3) is 0 Å². The highest BCUT2D eigenvalue weighted by atomic mass is 28.2. The number of hydrogen-bond donors (Lipinski definition) is 0. The summed E-state index contributed by atoms with van der Waals surface area (Å²) in [5.41, 5.74) is 1.10. The second-order valence-corrected chi connectivity index (χ2v) is 6.31. The molecule has 1 unspecified atom stereocenters. The fourth-order valence-corrected chi connectivity index (χ4v) is 4.02. The van der Waals surface area contributed by atoms with Crippen LogP contribution in [0.15, 0.2) is 24.3 Å². The molecule has 4 heteroatoms. The predicted molar refractivity (Wildman–Crippen MR) is 83.3 cm³/mol. The quantitative estimate of drug-likeness (QED) is 0.485. The highest BCUT2D eigenvalue weighted by molar-refractivity contribution is 6.25. The maximum atomic E-state index is 11.1. The molecule has 0 aliphatic carbocycles. The van der Waals surface area contributed by atoms with Crippen molar-refractivity contribution in [2.24, 2.45) is 5.92 Å². The topological polar surface area (TPSA) is 29.5 Å². The van der Waals surface area contributed by atoms with E-state index in [4.69, 9.17) is 4.43 Å². The third-order valence-corrected chi connectivity index (χ3v) is 5.05. The zero-order chi connectivity index (χ0) is 14.7. The van der Waals surface area contributed by atoms with Gasteiger partial charge in [-0.3, -0.25) is 9.69 Å². The first kappa shape index (κ1) is 14.5. The Morgan fingerprint density at radius 1 is 1.38 bits per heavy atom. The number of fused-ring (bicyclic) bond motifs is 3. The molecule has 3 nitrogen and oxygen atoms in total. The molecule has 0 aromatic heterocycles. The SMILES string of the molecule is C[Si]OC1(C#Cc2ccccc2C=O)CN2CCC1CC2. The number of hydrogen-bond acceptors (Lipinski definition) is 3. The summed E-state index contributed by atoms with van der Waals surface area (Å²) in [5.74, 6) is 7.13. The summed E-state index contributed by atoms with van der Waals surface area (Å²) < 4.78 is 6.12. The lowest BCUT2D eigenvalue weighted by molar-refractivity contribution is -0.0530. The third-order valence-electron chi connectivity index (χ3n) is 4.49. The van der Waals surface area contributed by atoms with Gasteiger partial charge in [0.25, 0.3) is 0 Å². The Labute approximate surface area is 128 Å². The van der Waals surface area contributed by atoms with Crippen LogP contribution >= 0.6 is 0 Å². The molecule has 1 aromatic carbocycles. The number of carbonyl (C=O) groups is 1. The van der Waals surface area contributed by atoms with Gasteiger partial charge in [0.2, 0.25) is 9.76 Å². The Balaban J connectivity index is 1.93. The van der Waals surface area contributed by atoms with Crippen LogP contribution in [0.1, 0.15) is 28.8 Å². The zero-order valence-corrected chi connectivity index (χ0v) is 13.3. The molecule has 21 heavy (non-hydrogen) atoms. The summed E-state index contributed by atoms with van der Waals surface area (Å²) in [6.07, 6.45) is 3.19. The van der Waals surface area contributed by atoms with E-state index in [0.29, 0.717) is 21.2 Å². The summed E-state index contributed by atoms with van der Waals surface area (Å²) in [4.78, 5) is 13.6. The van der Waals surface area contributed by atoms with Gasteiger partial charge in [-0.05, 0) is 38.5 Å². The molecule has 0 N–H and O–H groups in total. The van der Waals surface area contributed by atoms with Gasteiger partial charge in [0.1, 0.15) is 5.60 Å². The van der Waals surface area contributed by atoms with Crippen molar-refractivity contribution in [3.8, 4) is 11.8 Å². The van der Waals surface area contributed by atoms with Crippen LogP contribution in [0.3, 0.4) is 0 Å². The Morgan fingerprint density at radius 2 is 2.14 bits per heavy atom. The second-order valence-electron chi connectivity index (χ2n) is 5.70. The van der Waals surface area contributed by atoms with Crippen molar-refractivity contribution in [1.82, 2.24) is 4.90 Å². The molecule has 1 atom stereocenters. The number of rotatable bonds is 3. The molecule has 1 aromatic rings. The largest absolute Gasteiger partial charge is 0.400 e. The van der Waals surface area contributed by atoms with Gasteiger partial charge in [-0.1, -0.05) is 30.0 Å². The van der Waals surface area contributed by atoms with Crippen molar-refractivity contribution in [1.29, 1.82) is 0 Å². The van der Waals surface area contributed by atoms with Crippen molar-refractivity contribution in [3.05, 3.63) is 35.4 Å². The van der Waals surface area contributed by atoms with E-state index in [0.717, 1.165) is 44.3 Å². The van der Waals surface area contributed by atoms with Crippen LogP contribution in [0.4, 0.5) is 0 Å². The summed E-state index contributed by atoms with van der Waals surface area (Å²) in [5, 5.41) is 0. The van der Waals surface area contributed by atoms with E-state index in [9.17, 15) is 4.79 Å². The molecule has 0 saturated carbocycles. The third kappa shape index (κ3) is 2.82. The minimum Gasteiger partial charge on any atom is -0.400 e. The first-order valence-electron chi connectivity index (χ1n) is 7.42. The van der Waals surface area contributed by atoms with E-state index in [1.54, 1.807) is 0 Å². The fraction of sp³-hybridized carbons (Fsp3) is 0.471. The van der Waals surface area contributed by atoms with E-state index < -0.39 is 0 Å². The number of benzene rings is 1. The van der Waals surface area contributed by atoms with Crippen molar-refractivity contribution >= 4 is 16.0 Å². The average Bonchev–Trinajstić information content (AvgIpc) is 2.54. The average molecular weight is 297 g/mol. The Hall–Kier alpha value is -1.41. The number of piperidine rings is 3. The maximum absolute atomic E-state index is 11.1. The Bertz CT molecular complexity index is 584. The Kier molecular flexibility index (Phi) is 4.25. The molecule has 108 valence electrons. The summed E-state index contributed by atoms with van der Waals surface area (Å²) >= 11 is 0. The van der Waals surface area contributed by atoms with Crippen LogP contribution in [0.5, 0.6) is 0 Å². The minimum atomic E-state index is -0.348. The van der Waals surface area contributed by atoms with Gasteiger partial charge in [0.15, 0.2) is 6.29 Å². The molecule has 3 saturated heterocycles. The van der Waals surface area contributed by atoms with Crippen LogP contribution in [-0.4, -0.2) is 46.2 Å². The molecule has 2 radical (unpaired) electrons. The van der Waals surface area contributed by atoms with Gasteiger partial charge in [0, 0.05) is 23.6 Å². The summed E-state index contributed by atoms with van der Waals surface area (Å²) in [6, 6.07) is 7.49. The van der Waals surface area contributed by atoms with Crippen molar-refractivity contribution in [3.63, 3.8) is 0 Å². The monoisotopic (exact) mass is 297 g/mol. The standard InChI is InChI=1S/C17H19NO2Si/c1-21-20-17(13-18-10-7-16(17)8-11-18)9-6-14-4-2-3-5-15(14)12-19/h2-5,12,16H,7-8,10-11,13H2,1H3. The minimum absolute atomic E-state index is 0.348. The van der Waals surface area contributed by atoms with Crippen LogP contribution in [0, 0.1) is 17.8 Å². The predicted octanol–water partition coefficient (Wildman–Crippen LogP) is 2.00. The normalized spacial score (nSPS) is 30.5. The first-order valence-corrected chi connectivity index (χ1v) is 8.83. The van der Waals surface area contributed by atoms with Crippen LogP contribution < -0.4 is 0 Å². The van der Waals surface area contributed by atoms with Crippen LogP contribution in [0.2, 0.25) is 6.55 Å². The molecule has 2 bridgehead atoms. The number of aldehydes is 1. The fourth-order valence-electron chi connectivity index (χ4n) is 3.37. The molecule has 0 spiro atoms. The molecular weight excluding hydrogens is 278 g/mol. The van der Waals surface area contributed by atoms with Crippen molar-refractivity contribution < 1.29 is 9.22 Å². The van der Waals surface area contributed by atoms with Gasteiger partial charge in [0.05, 0.1) is 0 Å². The summed E-state index contributed by atoms with van der Waals surface area (Å²) in [6.45, 7) is 5.28. The maximum Gasteiger partial charge on any atom is 0.228 e. The highest BCUT2D eigenvalue weighted by Crippen LogP contribution is 2.37. The van der Waals surface area contributed by atoms with Gasteiger partial charge >= 0.3 is 0 Å². The lowest BCUT2D eigenvalue weighted by atomic mass is 9.75. The smallest absolute Gasteiger partial charge is 0.228 e. The van der Waals surface area contributed by atoms with E-state index in [1.165, 1.54) is 0 Å². The number of nitrogens with zero attached hydrogens (tertiary/aromatic N) is 1. The van der Waals surface area contributed by atoms with E-state index in [1.807, 2.05) is 24.3 Å². The molecular formula is C17H19NO2Si. The molecule has 4 rings (SSSR count). The van der Waals surface area contributed by atoms with Crippen LogP contribution in [-0.2, 0) is 4.43 Å². The molecule has 3 heterocycles. The highest BCUT2D eigenvalue weighted by Gasteiger charge is 2.46. The lowest BCUT2D eigenvalue weighted by Crippen LogP contribution is -2.60. The number of carbonyl (C=O) groups excluding carboxylic acids is 1. The van der Waals surface area contributed by atoms with Gasteiger partial charge in [-0.25, -0.2) is 0 Å². The van der Waals surface area contributed by atoms with E-state index in [-0.39, 0.29) is 5.60 Å². The molecule has 3 fully saturated rings. The first-order chi connectivity index (χ1) is 10.3. The van der Waals surface area contributed by atoms with Crippen molar-refractivity contribution in [2.75, 3.05) is 19.6 Å². The molecule has 3 aliphatic rings. The Morgan fingerprint density at radius 3 is 2.76 bits per heavy atom. The summed E-state index contributed by atoms with van der Waals surface area (Å²) in [7, 11) is 0.436. The molecule has 0 amide bonds. The zero-order valence-electron chi connectivity index (χ0n) is 12.3. The van der Waals surface area contributed by atoms with Gasteiger partial charge in [-0.15, -0.1) is 0 Å². The molecule has 3 aliphatic heterocycles. The van der Waals surface area contributed by atoms with Crippen molar-refractivity contribution in [2.45, 2.75) is 25.0 Å². The second kappa shape index (κ2) is 6.14.